The van der Waals surface area contributed by atoms with Crippen molar-refractivity contribution < 1.29 is 24.5 Å². The standard InChI is InChI=1S/C52H99NO5/c1-3-5-7-9-11-13-15-17-22-26-30-34-38-42-46-52(57)58-47-43-39-35-31-27-23-19-18-21-25-29-33-37-41-45-51(56)53-49(48-54)50(55)44-40-36-32-28-24-20-16-14-12-10-8-6-4-2/h9,11,15,17,49-50,54-55H,3-8,10,12-14,16,18-48H2,1-2H3,(H,53,56)/b11-9-,17-15-. The van der Waals surface area contributed by atoms with Crippen LogP contribution in [0.3, 0.4) is 0 Å². The number of hydrogen-bond donors (Lipinski definition) is 3. The highest BCUT2D eigenvalue weighted by Gasteiger charge is 2.20. The molecule has 0 aromatic rings. The van der Waals surface area contributed by atoms with E-state index in [4.69, 9.17) is 4.74 Å². The Hall–Kier alpha value is -1.66. The molecule has 3 N–H and O–H groups in total. The van der Waals surface area contributed by atoms with E-state index in [1.54, 1.807) is 0 Å². The Bertz CT molecular complexity index is 904. The van der Waals surface area contributed by atoms with Crippen molar-refractivity contribution in [2.24, 2.45) is 0 Å². The summed E-state index contributed by atoms with van der Waals surface area (Å²) in [5.41, 5.74) is 0. The number of nitrogens with one attached hydrogen (secondary N) is 1. The number of aliphatic hydroxyl groups excluding tert-OH is 2. The first-order valence-corrected chi connectivity index (χ1v) is 25.6. The summed E-state index contributed by atoms with van der Waals surface area (Å²) in [5, 5.41) is 23.2. The van der Waals surface area contributed by atoms with Gasteiger partial charge in [-0.2, -0.15) is 0 Å². The van der Waals surface area contributed by atoms with Crippen LogP contribution in [0.15, 0.2) is 24.3 Å². The van der Waals surface area contributed by atoms with Crippen molar-refractivity contribution in [3.05, 3.63) is 24.3 Å². The van der Waals surface area contributed by atoms with E-state index in [0.29, 0.717) is 25.9 Å². The van der Waals surface area contributed by atoms with Crippen LogP contribution >= 0.6 is 0 Å². The molecule has 0 aliphatic heterocycles. The smallest absolute Gasteiger partial charge is 0.305 e. The molecule has 0 heterocycles. The predicted octanol–water partition coefficient (Wildman–Crippen LogP) is 15.1. The SMILES string of the molecule is CCCC/C=C\C/C=C\CCCCCCCC(=O)OCCCCCCCCCCCCCCCCC(=O)NC(CO)C(O)CCCCCCCCCCCCCCC. The topological polar surface area (TPSA) is 95.9 Å². The lowest BCUT2D eigenvalue weighted by Crippen LogP contribution is -2.45. The molecule has 0 aliphatic carbocycles. The summed E-state index contributed by atoms with van der Waals surface area (Å²) in [7, 11) is 0. The number of aliphatic hydroxyl groups is 2. The number of esters is 1. The quantitative estimate of drug-likeness (QED) is 0.0323. The van der Waals surface area contributed by atoms with Gasteiger partial charge in [-0.25, -0.2) is 0 Å². The lowest BCUT2D eigenvalue weighted by Gasteiger charge is -2.22. The molecule has 0 rings (SSSR count). The average molecular weight is 818 g/mol. The maximum atomic E-state index is 12.4. The number of carbonyl (C=O) groups is 2. The van der Waals surface area contributed by atoms with Gasteiger partial charge in [-0.05, 0) is 51.4 Å². The first-order chi connectivity index (χ1) is 28.5. The molecule has 0 saturated carbocycles. The fourth-order valence-electron chi connectivity index (χ4n) is 7.77. The number of ether oxygens (including phenoxy) is 1. The zero-order chi connectivity index (χ0) is 42.3. The van der Waals surface area contributed by atoms with E-state index < -0.39 is 12.1 Å². The molecule has 0 saturated heterocycles. The van der Waals surface area contributed by atoms with E-state index in [1.807, 2.05) is 0 Å². The third kappa shape index (κ3) is 43.9. The van der Waals surface area contributed by atoms with Crippen LogP contribution in [0.2, 0.25) is 0 Å². The minimum atomic E-state index is -0.670. The van der Waals surface area contributed by atoms with E-state index in [9.17, 15) is 19.8 Å². The maximum absolute atomic E-state index is 12.4. The highest BCUT2D eigenvalue weighted by Crippen LogP contribution is 2.16. The Morgan fingerprint density at radius 1 is 0.483 bits per heavy atom. The number of carbonyl (C=O) groups excluding carboxylic acids is 2. The van der Waals surface area contributed by atoms with Gasteiger partial charge in [0.2, 0.25) is 5.91 Å². The summed E-state index contributed by atoms with van der Waals surface area (Å²) in [6, 6.07) is -0.549. The summed E-state index contributed by atoms with van der Waals surface area (Å²) in [6.07, 6.45) is 55.7. The van der Waals surface area contributed by atoms with E-state index in [-0.39, 0.29) is 18.5 Å². The van der Waals surface area contributed by atoms with Gasteiger partial charge in [0.05, 0.1) is 25.4 Å². The second kappa shape index (κ2) is 48.0. The van der Waals surface area contributed by atoms with Gasteiger partial charge in [0.15, 0.2) is 0 Å². The zero-order valence-corrected chi connectivity index (χ0v) is 38.8. The maximum Gasteiger partial charge on any atom is 0.305 e. The van der Waals surface area contributed by atoms with Crippen LogP contribution in [0.1, 0.15) is 271 Å². The molecule has 2 unspecified atom stereocenters. The van der Waals surface area contributed by atoms with Crippen molar-refractivity contribution >= 4 is 11.9 Å². The van der Waals surface area contributed by atoms with Gasteiger partial charge in [-0.3, -0.25) is 9.59 Å². The number of rotatable bonds is 47. The molecule has 2 atom stereocenters. The minimum Gasteiger partial charge on any atom is -0.466 e. The van der Waals surface area contributed by atoms with Gasteiger partial charge in [0, 0.05) is 12.8 Å². The van der Waals surface area contributed by atoms with E-state index in [0.717, 1.165) is 57.8 Å². The molecule has 0 aliphatic rings. The molecule has 0 fully saturated rings. The highest BCUT2D eigenvalue weighted by molar-refractivity contribution is 5.76. The molecule has 0 spiro atoms. The summed E-state index contributed by atoms with van der Waals surface area (Å²) < 4.78 is 5.45. The number of hydrogen-bond acceptors (Lipinski definition) is 5. The van der Waals surface area contributed by atoms with Crippen LogP contribution in [-0.2, 0) is 14.3 Å². The third-order valence-electron chi connectivity index (χ3n) is 11.8. The second-order valence-corrected chi connectivity index (χ2v) is 17.5. The van der Waals surface area contributed by atoms with Crippen molar-refractivity contribution in [3.8, 4) is 0 Å². The minimum absolute atomic E-state index is 0.0170. The third-order valence-corrected chi connectivity index (χ3v) is 11.8. The Morgan fingerprint density at radius 3 is 1.36 bits per heavy atom. The van der Waals surface area contributed by atoms with Gasteiger partial charge < -0.3 is 20.3 Å². The molecular weight excluding hydrogens is 719 g/mol. The Labute approximate surface area is 361 Å². The number of unbranched alkanes of at least 4 members (excludes halogenated alkanes) is 32. The molecular formula is C52H99NO5. The van der Waals surface area contributed by atoms with Crippen molar-refractivity contribution in [3.63, 3.8) is 0 Å². The zero-order valence-electron chi connectivity index (χ0n) is 38.8. The van der Waals surface area contributed by atoms with Gasteiger partial charge in [-0.1, -0.05) is 231 Å². The molecule has 1 amide bonds. The fourth-order valence-corrected chi connectivity index (χ4v) is 7.77. The Balaban J connectivity index is 3.45. The Morgan fingerprint density at radius 2 is 0.879 bits per heavy atom. The van der Waals surface area contributed by atoms with Crippen LogP contribution in [-0.4, -0.2) is 47.4 Å². The number of allylic oxidation sites excluding steroid dienone is 4. The molecule has 6 nitrogen and oxygen atoms in total. The summed E-state index contributed by atoms with van der Waals surface area (Å²) in [4.78, 5) is 24.4. The predicted molar refractivity (Wildman–Crippen MR) is 250 cm³/mol. The van der Waals surface area contributed by atoms with Crippen LogP contribution in [0.4, 0.5) is 0 Å². The molecule has 0 aromatic carbocycles. The summed E-state index contributed by atoms with van der Waals surface area (Å²) in [5.74, 6) is -0.0634. The van der Waals surface area contributed by atoms with E-state index in [1.165, 1.54) is 180 Å². The van der Waals surface area contributed by atoms with Crippen LogP contribution in [0.5, 0.6) is 0 Å². The van der Waals surface area contributed by atoms with Crippen LogP contribution in [0.25, 0.3) is 0 Å². The van der Waals surface area contributed by atoms with Gasteiger partial charge in [0.25, 0.3) is 0 Å². The largest absolute Gasteiger partial charge is 0.466 e. The Kier molecular flexibility index (Phi) is 46.6. The normalized spacial score (nSPS) is 12.8. The monoisotopic (exact) mass is 818 g/mol. The molecule has 0 aromatic heterocycles. The van der Waals surface area contributed by atoms with Crippen molar-refractivity contribution in [1.29, 1.82) is 0 Å². The van der Waals surface area contributed by atoms with Crippen LogP contribution in [0, 0.1) is 0 Å². The first kappa shape index (κ1) is 56.3. The van der Waals surface area contributed by atoms with Gasteiger partial charge in [-0.15, -0.1) is 0 Å². The van der Waals surface area contributed by atoms with Crippen molar-refractivity contribution in [2.75, 3.05) is 13.2 Å². The lowest BCUT2D eigenvalue weighted by atomic mass is 10.0. The van der Waals surface area contributed by atoms with E-state index >= 15 is 0 Å². The first-order valence-electron chi connectivity index (χ1n) is 25.6. The lowest BCUT2D eigenvalue weighted by molar-refractivity contribution is -0.143. The second-order valence-electron chi connectivity index (χ2n) is 17.5. The number of amides is 1. The van der Waals surface area contributed by atoms with Gasteiger partial charge >= 0.3 is 5.97 Å². The van der Waals surface area contributed by atoms with E-state index in [2.05, 4.69) is 43.5 Å². The molecule has 0 radical (unpaired) electrons. The molecule has 58 heavy (non-hydrogen) atoms. The molecule has 342 valence electrons. The summed E-state index contributed by atoms with van der Waals surface area (Å²) >= 11 is 0. The summed E-state index contributed by atoms with van der Waals surface area (Å²) in [6.45, 7) is 4.88. The van der Waals surface area contributed by atoms with Gasteiger partial charge in [0.1, 0.15) is 0 Å². The van der Waals surface area contributed by atoms with Crippen molar-refractivity contribution in [1.82, 2.24) is 5.32 Å². The highest BCUT2D eigenvalue weighted by atomic mass is 16.5. The van der Waals surface area contributed by atoms with Crippen LogP contribution < -0.4 is 5.32 Å². The molecule has 0 bridgehead atoms. The van der Waals surface area contributed by atoms with Crippen molar-refractivity contribution in [2.45, 2.75) is 283 Å². The fraction of sp³-hybridized carbons (Fsp3) is 0.885. The molecule has 6 heteroatoms. The average Bonchev–Trinajstić information content (AvgIpc) is 3.22.